The molecule has 2 fully saturated rings. The van der Waals surface area contributed by atoms with Crippen molar-refractivity contribution in [3.8, 4) is 11.5 Å². The Bertz CT molecular complexity index is 1540. The Morgan fingerprint density at radius 3 is 2.61 bits per heavy atom. The Morgan fingerprint density at radius 1 is 0.955 bits per heavy atom. The maximum Gasteiger partial charge on any atom is 0.274 e. The number of carbonyl (C=O) groups excluding carboxylic acids is 3. The standard InChI is InChI=1S/C34H41N5O5/c1-43-30-17-22-12-13-32(41)39-20-23-16-25(21-38(19-23)34(42)28-18-36-26-8-3-4-9-27(26)37-28)29(39)10-5-11-31(40)35-14-6-7-24(15-22)33(30)44-2/h3-4,8-9,15,17-18,23,25,29H,5-7,10-14,16,19-21H2,1-2H3,(H,35,40)/t23-,25+,29-/m0/s1. The number of aromatic nitrogens is 2. The van der Waals surface area contributed by atoms with Gasteiger partial charge in [0.25, 0.3) is 5.91 Å². The minimum Gasteiger partial charge on any atom is -0.493 e. The van der Waals surface area contributed by atoms with E-state index in [1.54, 1.807) is 20.4 Å². The molecular weight excluding hydrogens is 558 g/mol. The van der Waals surface area contributed by atoms with E-state index in [1.165, 1.54) is 0 Å². The average Bonchev–Trinajstić information content (AvgIpc) is 3.04. The molecule has 0 spiro atoms. The van der Waals surface area contributed by atoms with Crippen molar-refractivity contribution in [2.45, 2.75) is 57.4 Å². The molecule has 6 rings (SSSR count). The molecule has 44 heavy (non-hydrogen) atoms. The van der Waals surface area contributed by atoms with Crippen LogP contribution in [-0.4, -0.2) is 83.9 Å². The van der Waals surface area contributed by atoms with Gasteiger partial charge in [-0.2, -0.15) is 0 Å². The number of piperidine rings is 2. The van der Waals surface area contributed by atoms with Crippen LogP contribution < -0.4 is 14.8 Å². The SMILES string of the molecule is COc1cc2cc(c1OC)CCCNC(=O)CCC[C@H]1[C@@H]3C[C@@H](CN(C(=O)c4cnc5ccccc5n4)C3)CN1C(=O)CC2. The second kappa shape index (κ2) is 13.2. The molecule has 10 heteroatoms. The van der Waals surface area contributed by atoms with Gasteiger partial charge in [0.15, 0.2) is 11.5 Å². The summed E-state index contributed by atoms with van der Waals surface area (Å²) in [4.78, 5) is 53.2. The molecular formula is C34H41N5O5. The van der Waals surface area contributed by atoms with Gasteiger partial charge in [-0.05, 0) is 79.7 Å². The van der Waals surface area contributed by atoms with Gasteiger partial charge in [-0.25, -0.2) is 4.98 Å². The van der Waals surface area contributed by atoms with Crippen LogP contribution in [0.2, 0.25) is 0 Å². The second-order valence-corrected chi connectivity index (χ2v) is 12.3. The minimum absolute atomic E-state index is 0.0253. The van der Waals surface area contributed by atoms with Crippen molar-refractivity contribution < 1.29 is 23.9 Å². The molecule has 0 unspecified atom stereocenters. The van der Waals surface area contributed by atoms with Crippen LogP contribution >= 0.6 is 0 Å². The zero-order valence-electron chi connectivity index (χ0n) is 25.6. The Hall–Kier alpha value is -4.21. The molecule has 3 aromatic rings. The lowest BCUT2D eigenvalue weighted by Crippen LogP contribution is -2.60. The summed E-state index contributed by atoms with van der Waals surface area (Å²) in [6.45, 7) is 2.34. The fourth-order valence-electron chi connectivity index (χ4n) is 7.29. The van der Waals surface area contributed by atoms with Gasteiger partial charge in [0.1, 0.15) is 5.69 Å². The smallest absolute Gasteiger partial charge is 0.274 e. The zero-order chi connectivity index (χ0) is 30.6. The van der Waals surface area contributed by atoms with Gasteiger partial charge in [0.2, 0.25) is 11.8 Å². The molecule has 0 radical (unpaired) electrons. The number of fused-ring (bicyclic) bond motifs is 7. The molecule has 2 saturated heterocycles. The second-order valence-electron chi connectivity index (χ2n) is 12.3. The Morgan fingerprint density at radius 2 is 1.80 bits per heavy atom. The third kappa shape index (κ3) is 6.34. The van der Waals surface area contributed by atoms with Gasteiger partial charge in [-0.15, -0.1) is 0 Å². The largest absolute Gasteiger partial charge is 0.493 e. The Labute approximate surface area is 258 Å². The van der Waals surface area contributed by atoms with Crippen LogP contribution in [0.5, 0.6) is 11.5 Å². The summed E-state index contributed by atoms with van der Waals surface area (Å²) in [6.07, 6.45) is 6.87. The third-order valence-corrected chi connectivity index (χ3v) is 9.34. The first-order valence-electron chi connectivity index (χ1n) is 15.7. The van der Waals surface area contributed by atoms with E-state index >= 15 is 0 Å². The molecule has 0 aliphatic carbocycles. The predicted octanol–water partition coefficient (Wildman–Crippen LogP) is 3.80. The van der Waals surface area contributed by atoms with Crippen molar-refractivity contribution in [3.05, 3.63) is 59.4 Å². The number of carbonyl (C=O) groups is 3. The van der Waals surface area contributed by atoms with Crippen LogP contribution in [0.3, 0.4) is 0 Å². The van der Waals surface area contributed by atoms with Gasteiger partial charge in [0.05, 0.1) is 31.4 Å². The van der Waals surface area contributed by atoms with E-state index in [0.717, 1.165) is 42.3 Å². The first kappa shape index (κ1) is 29.8. The topological polar surface area (TPSA) is 114 Å². The van der Waals surface area contributed by atoms with Crippen molar-refractivity contribution in [3.63, 3.8) is 0 Å². The van der Waals surface area contributed by atoms with Crippen molar-refractivity contribution in [2.24, 2.45) is 11.8 Å². The number of hydrogen-bond acceptors (Lipinski definition) is 7. The highest BCUT2D eigenvalue weighted by Crippen LogP contribution is 2.37. The minimum atomic E-state index is -0.116. The number of aryl methyl sites for hydroxylation is 2. The van der Waals surface area contributed by atoms with E-state index in [-0.39, 0.29) is 35.6 Å². The fourth-order valence-corrected chi connectivity index (χ4v) is 7.29. The number of para-hydroxylation sites is 2. The van der Waals surface area contributed by atoms with Crippen LogP contribution in [0.4, 0.5) is 0 Å². The van der Waals surface area contributed by atoms with Gasteiger partial charge in [0, 0.05) is 45.1 Å². The van der Waals surface area contributed by atoms with Crippen LogP contribution in [-0.2, 0) is 22.4 Å². The molecule has 2 aromatic carbocycles. The fraction of sp³-hybridized carbons (Fsp3) is 0.500. The van der Waals surface area contributed by atoms with E-state index in [0.29, 0.717) is 74.6 Å². The van der Waals surface area contributed by atoms with Crippen molar-refractivity contribution >= 4 is 28.8 Å². The van der Waals surface area contributed by atoms with E-state index in [4.69, 9.17) is 9.47 Å². The summed E-state index contributed by atoms with van der Waals surface area (Å²) in [5.74, 6) is 1.72. The molecule has 4 bridgehead atoms. The van der Waals surface area contributed by atoms with Crippen LogP contribution in [0.15, 0.2) is 42.6 Å². The lowest BCUT2D eigenvalue weighted by Gasteiger charge is -2.51. The van der Waals surface area contributed by atoms with Crippen LogP contribution in [0.25, 0.3) is 11.0 Å². The molecule has 1 aromatic heterocycles. The van der Waals surface area contributed by atoms with Crippen molar-refractivity contribution in [1.82, 2.24) is 25.1 Å². The zero-order valence-corrected chi connectivity index (χ0v) is 25.6. The molecule has 3 amide bonds. The first-order chi connectivity index (χ1) is 21.4. The third-order valence-electron chi connectivity index (χ3n) is 9.34. The van der Waals surface area contributed by atoms with Gasteiger partial charge in [-0.1, -0.05) is 18.2 Å². The molecule has 3 aliphatic heterocycles. The number of methoxy groups -OCH3 is 2. The number of amides is 3. The number of benzene rings is 2. The van der Waals surface area contributed by atoms with Crippen molar-refractivity contribution in [1.29, 1.82) is 0 Å². The quantitative estimate of drug-likeness (QED) is 0.487. The summed E-state index contributed by atoms with van der Waals surface area (Å²) in [5.41, 5.74) is 3.85. The highest BCUT2D eigenvalue weighted by atomic mass is 16.5. The van der Waals surface area contributed by atoms with Gasteiger partial charge in [-0.3, -0.25) is 19.4 Å². The van der Waals surface area contributed by atoms with Crippen LogP contribution in [0, 0.1) is 11.8 Å². The summed E-state index contributed by atoms with van der Waals surface area (Å²) < 4.78 is 11.3. The van der Waals surface area contributed by atoms with E-state index < -0.39 is 0 Å². The summed E-state index contributed by atoms with van der Waals surface area (Å²) in [7, 11) is 3.26. The van der Waals surface area contributed by atoms with E-state index in [1.807, 2.05) is 35.2 Å². The average molecular weight is 600 g/mol. The van der Waals surface area contributed by atoms with Crippen molar-refractivity contribution in [2.75, 3.05) is 40.4 Å². The molecule has 3 atom stereocenters. The highest BCUT2D eigenvalue weighted by Gasteiger charge is 2.43. The summed E-state index contributed by atoms with van der Waals surface area (Å²) in [5, 5.41) is 3.06. The molecule has 3 aliphatic rings. The highest BCUT2D eigenvalue weighted by molar-refractivity contribution is 5.94. The maximum atomic E-state index is 13.9. The molecule has 4 heterocycles. The molecule has 1 N–H and O–H groups in total. The summed E-state index contributed by atoms with van der Waals surface area (Å²) >= 11 is 0. The predicted molar refractivity (Wildman–Crippen MR) is 166 cm³/mol. The first-order valence-corrected chi connectivity index (χ1v) is 15.7. The number of rotatable bonds is 3. The van der Waals surface area contributed by atoms with Crippen LogP contribution in [0.1, 0.15) is 60.1 Å². The molecule has 0 saturated carbocycles. The lowest BCUT2D eigenvalue weighted by molar-refractivity contribution is -0.140. The van der Waals surface area contributed by atoms with E-state index in [9.17, 15) is 14.4 Å². The number of likely N-dealkylation sites (tertiary alicyclic amines) is 1. The molecule has 10 nitrogen and oxygen atoms in total. The normalized spacial score (nSPS) is 23.1. The summed E-state index contributed by atoms with van der Waals surface area (Å²) in [6, 6.07) is 11.6. The number of nitrogens with one attached hydrogen (secondary N) is 1. The number of nitrogens with zero attached hydrogens (tertiary/aromatic N) is 4. The monoisotopic (exact) mass is 599 g/mol. The number of hydrogen-bond donors (Lipinski definition) is 1. The number of ether oxygens (including phenoxy) is 2. The van der Waals surface area contributed by atoms with E-state index in [2.05, 4.69) is 26.3 Å². The van der Waals surface area contributed by atoms with Gasteiger partial charge < -0.3 is 24.6 Å². The maximum absolute atomic E-state index is 13.9. The Kier molecular flexibility index (Phi) is 8.95. The lowest BCUT2D eigenvalue weighted by atomic mass is 9.77. The van der Waals surface area contributed by atoms with Gasteiger partial charge >= 0.3 is 0 Å². The Balaban J connectivity index is 1.22. The molecule has 232 valence electrons.